The lowest BCUT2D eigenvalue weighted by atomic mass is 10.1. The maximum Gasteiger partial charge on any atom is 0.305 e. The number of aliphatic carboxylic acids is 1. The lowest BCUT2D eigenvalue weighted by Gasteiger charge is -2.07. The van der Waals surface area contributed by atoms with Gasteiger partial charge in [0.15, 0.2) is 0 Å². The average Bonchev–Trinajstić information content (AvgIpc) is 2.04. The Balaban J connectivity index is 2.71. The van der Waals surface area contributed by atoms with Gasteiger partial charge in [0.25, 0.3) is 0 Å². The summed E-state index contributed by atoms with van der Waals surface area (Å²) in [6.07, 6.45) is 1.05. The minimum Gasteiger partial charge on any atom is -0.481 e. The van der Waals surface area contributed by atoms with Gasteiger partial charge in [-0.25, -0.2) is 4.98 Å². The third-order valence-electron chi connectivity index (χ3n) is 1.57. The van der Waals surface area contributed by atoms with Crippen LogP contribution in [-0.4, -0.2) is 16.1 Å². The van der Waals surface area contributed by atoms with E-state index >= 15 is 0 Å². The molecule has 70 valence electrons. The Kier molecular flexibility index (Phi) is 2.92. The minimum atomic E-state index is -0.989. The second-order valence-electron chi connectivity index (χ2n) is 2.62. The summed E-state index contributed by atoms with van der Waals surface area (Å²) in [7, 11) is 0. The highest BCUT2D eigenvalue weighted by atomic mass is 19.1. The Labute approximate surface area is 74.2 Å². The highest BCUT2D eigenvalue weighted by molar-refractivity contribution is 5.67. The Morgan fingerprint density at radius 2 is 2.38 bits per heavy atom. The second kappa shape index (κ2) is 3.95. The molecule has 0 spiro atoms. The fourth-order valence-corrected chi connectivity index (χ4v) is 0.913. The number of nitrogens with zero attached hydrogens (tertiary/aromatic N) is 1. The number of rotatable bonds is 3. The molecule has 1 rings (SSSR count). The molecular weight excluding hydrogens is 175 g/mol. The molecule has 1 aromatic heterocycles. The fourth-order valence-electron chi connectivity index (χ4n) is 0.913. The molecule has 13 heavy (non-hydrogen) atoms. The molecule has 0 unspecified atom stereocenters. The first-order valence-electron chi connectivity index (χ1n) is 3.68. The van der Waals surface area contributed by atoms with E-state index in [-0.39, 0.29) is 6.42 Å². The Morgan fingerprint density at radius 1 is 1.69 bits per heavy atom. The summed E-state index contributed by atoms with van der Waals surface area (Å²) in [5.41, 5.74) is 6.02. The number of carboxylic acids is 1. The highest BCUT2D eigenvalue weighted by Crippen LogP contribution is 2.12. The zero-order valence-corrected chi connectivity index (χ0v) is 6.77. The molecule has 0 aliphatic carbocycles. The van der Waals surface area contributed by atoms with Gasteiger partial charge in [-0.3, -0.25) is 4.79 Å². The number of hydrogen-bond acceptors (Lipinski definition) is 3. The van der Waals surface area contributed by atoms with Crippen molar-refractivity contribution in [3.05, 3.63) is 29.8 Å². The summed E-state index contributed by atoms with van der Waals surface area (Å²) in [5, 5.41) is 8.43. The topological polar surface area (TPSA) is 76.2 Å². The van der Waals surface area contributed by atoms with Crippen LogP contribution in [-0.2, 0) is 4.79 Å². The predicted molar refractivity (Wildman–Crippen MR) is 43.4 cm³/mol. The van der Waals surface area contributed by atoms with E-state index in [9.17, 15) is 9.18 Å². The van der Waals surface area contributed by atoms with E-state index in [0.29, 0.717) is 5.56 Å². The molecule has 0 saturated heterocycles. The van der Waals surface area contributed by atoms with Gasteiger partial charge in [0.05, 0.1) is 6.42 Å². The van der Waals surface area contributed by atoms with Gasteiger partial charge in [-0.05, 0) is 11.6 Å². The standard InChI is InChI=1S/C8H9FN2O2/c9-7-2-1-5(4-11-7)6(10)3-8(12)13/h1-2,4,6H,3,10H2,(H,12,13)/t6-/m0/s1. The van der Waals surface area contributed by atoms with Crippen LogP contribution in [0.25, 0.3) is 0 Å². The summed E-state index contributed by atoms with van der Waals surface area (Å²) in [6.45, 7) is 0. The Morgan fingerprint density at radius 3 is 2.85 bits per heavy atom. The molecule has 0 bridgehead atoms. The molecule has 1 atom stereocenters. The predicted octanol–water partition coefficient (Wildman–Crippen LogP) is 0.695. The van der Waals surface area contributed by atoms with E-state index in [4.69, 9.17) is 10.8 Å². The zero-order valence-electron chi connectivity index (χ0n) is 6.77. The zero-order chi connectivity index (χ0) is 9.84. The van der Waals surface area contributed by atoms with Crippen LogP contribution in [0.15, 0.2) is 18.3 Å². The number of hydrogen-bond donors (Lipinski definition) is 2. The highest BCUT2D eigenvalue weighted by Gasteiger charge is 2.10. The fraction of sp³-hybridized carbons (Fsp3) is 0.250. The van der Waals surface area contributed by atoms with Crippen molar-refractivity contribution in [2.45, 2.75) is 12.5 Å². The molecule has 3 N–H and O–H groups in total. The number of halogens is 1. The van der Waals surface area contributed by atoms with E-state index in [1.54, 1.807) is 0 Å². The van der Waals surface area contributed by atoms with Crippen LogP contribution in [0, 0.1) is 5.95 Å². The first kappa shape index (κ1) is 9.60. The van der Waals surface area contributed by atoms with E-state index in [0.717, 1.165) is 6.07 Å². The normalized spacial score (nSPS) is 12.5. The molecule has 0 amide bonds. The van der Waals surface area contributed by atoms with Crippen molar-refractivity contribution in [3.8, 4) is 0 Å². The van der Waals surface area contributed by atoms with Gasteiger partial charge in [0, 0.05) is 12.2 Å². The van der Waals surface area contributed by atoms with E-state index in [1.165, 1.54) is 12.3 Å². The molecule has 4 nitrogen and oxygen atoms in total. The molecule has 5 heteroatoms. The summed E-state index contributed by atoms with van der Waals surface area (Å²) in [5.74, 6) is -1.59. The first-order chi connectivity index (χ1) is 6.09. The molecule has 0 aromatic carbocycles. The molecule has 1 heterocycles. The number of carboxylic acid groups (broad SMARTS) is 1. The van der Waals surface area contributed by atoms with Gasteiger partial charge < -0.3 is 10.8 Å². The Hall–Kier alpha value is -1.49. The van der Waals surface area contributed by atoms with Gasteiger partial charge >= 0.3 is 5.97 Å². The third kappa shape index (κ3) is 2.79. The summed E-state index contributed by atoms with van der Waals surface area (Å²) in [4.78, 5) is 13.6. The van der Waals surface area contributed by atoms with Crippen LogP contribution >= 0.6 is 0 Å². The van der Waals surface area contributed by atoms with Crippen LogP contribution in [0.1, 0.15) is 18.0 Å². The molecule has 0 radical (unpaired) electrons. The molecule has 1 aromatic rings. The van der Waals surface area contributed by atoms with Crippen LogP contribution in [0.5, 0.6) is 0 Å². The van der Waals surface area contributed by atoms with Crippen molar-refractivity contribution < 1.29 is 14.3 Å². The largest absolute Gasteiger partial charge is 0.481 e. The van der Waals surface area contributed by atoms with Gasteiger partial charge in [0.1, 0.15) is 0 Å². The molecular formula is C8H9FN2O2. The SMILES string of the molecule is N[C@@H](CC(=O)O)c1ccc(F)nc1. The third-order valence-corrected chi connectivity index (χ3v) is 1.57. The monoisotopic (exact) mass is 184 g/mol. The Bertz CT molecular complexity index is 300. The van der Waals surface area contributed by atoms with E-state index < -0.39 is 18.0 Å². The van der Waals surface area contributed by atoms with Crippen molar-refractivity contribution in [1.29, 1.82) is 0 Å². The maximum atomic E-state index is 12.3. The number of pyridine rings is 1. The molecule has 0 aliphatic rings. The van der Waals surface area contributed by atoms with Crippen molar-refractivity contribution in [3.63, 3.8) is 0 Å². The second-order valence-corrected chi connectivity index (χ2v) is 2.62. The van der Waals surface area contributed by atoms with Gasteiger partial charge in [-0.2, -0.15) is 4.39 Å². The van der Waals surface area contributed by atoms with Crippen molar-refractivity contribution in [1.82, 2.24) is 4.98 Å². The number of nitrogens with two attached hydrogens (primary N) is 1. The van der Waals surface area contributed by atoms with Gasteiger partial charge in [0.2, 0.25) is 5.95 Å². The molecule has 0 fully saturated rings. The van der Waals surface area contributed by atoms with Gasteiger partial charge in [-0.1, -0.05) is 6.07 Å². The molecule has 0 aliphatic heterocycles. The number of aromatic nitrogens is 1. The maximum absolute atomic E-state index is 12.3. The van der Waals surface area contributed by atoms with Crippen molar-refractivity contribution in [2.24, 2.45) is 5.73 Å². The lowest BCUT2D eigenvalue weighted by Crippen LogP contribution is -2.15. The summed E-state index contributed by atoms with van der Waals surface area (Å²) >= 11 is 0. The average molecular weight is 184 g/mol. The van der Waals surface area contributed by atoms with Crippen molar-refractivity contribution >= 4 is 5.97 Å². The summed E-state index contributed by atoms with van der Waals surface area (Å²) < 4.78 is 12.3. The van der Waals surface area contributed by atoms with Crippen LogP contribution in [0.3, 0.4) is 0 Å². The van der Waals surface area contributed by atoms with E-state index in [2.05, 4.69) is 4.98 Å². The van der Waals surface area contributed by atoms with Crippen LogP contribution in [0.2, 0.25) is 0 Å². The van der Waals surface area contributed by atoms with E-state index in [1.807, 2.05) is 0 Å². The smallest absolute Gasteiger partial charge is 0.305 e. The van der Waals surface area contributed by atoms with Crippen LogP contribution < -0.4 is 5.73 Å². The quantitative estimate of drug-likeness (QED) is 0.678. The van der Waals surface area contributed by atoms with Crippen LogP contribution in [0.4, 0.5) is 4.39 Å². The summed E-state index contributed by atoms with van der Waals surface area (Å²) in [6, 6.07) is 1.94. The molecule has 0 saturated carbocycles. The minimum absolute atomic E-state index is 0.187. The number of carbonyl (C=O) groups is 1. The van der Waals surface area contributed by atoms with Gasteiger partial charge in [-0.15, -0.1) is 0 Å². The lowest BCUT2D eigenvalue weighted by molar-refractivity contribution is -0.137. The van der Waals surface area contributed by atoms with Crippen molar-refractivity contribution in [2.75, 3.05) is 0 Å². The first-order valence-corrected chi connectivity index (χ1v) is 3.68.